The molecule has 0 radical (unpaired) electrons. The number of carbonyl (C=O) groups excluding carboxylic acids is 1. The second-order valence-corrected chi connectivity index (χ2v) is 9.43. The molecule has 0 saturated heterocycles. The van der Waals surface area contributed by atoms with Crippen molar-refractivity contribution in [2.75, 3.05) is 0 Å². The molecule has 4 rings (SSSR count). The second-order valence-electron chi connectivity index (χ2n) is 9.43. The molecule has 26 heavy (non-hydrogen) atoms. The van der Waals surface area contributed by atoms with Crippen LogP contribution in [0.4, 0.5) is 0 Å². The molecule has 4 aliphatic rings. The van der Waals surface area contributed by atoms with E-state index >= 15 is 0 Å². The fraction of sp³-hybridized carbons (Fsp3) is 0.652. The minimum absolute atomic E-state index is 0.163. The molecule has 0 aliphatic heterocycles. The normalized spacial score (nSPS) is 44.4. The highest BCUT2D eigenvalue weighted by Gasteiger charge is 2.57. The minimum atomic E-state index is -0.845. The lowest BCUT2D eigenvalue weighted by Gasteiger charge is -2.56. The van der Waals surface area contributed by atoms with Gasteiger partial charge in [-0.2, -0.15) is 0 Å². The molecule has 6 atom stereocenters. The van der Waals surface area contributed by atoms with Crippen molar-refractivity contribution < 1.29 is 14.7 Å². The molecule has 140 valence electrons. The van der Waals surface area contributed by atoms with Crippen LogP contribution in [-0.4, -0.2) is 16.9 Å². The van der Waals surface area contributed by atoms with Crippen molar-refractivity contribution in [3.8, 4) is 0 Å². The Morgan fingerprint density at radius 2 is 2.04 bits per heavy atom. The fourth-order valence-electron chi connectivity index (χ4n) is 6.83. The molecule has 3 nitrogen and oxygen atoms in total. The van der Waals surface area contributed by atoms with Crippen molar-refractivity contribution in [3.05, 3.63) is 36.0 Å². The molecule has 0 aromatic rings. The molecular weight excluding hydrogens is 324 g/mol. The van der Waals surface area contributed by atoms with E-state index in [0.29, 0.717) is 35.5 Å². The van der Waals surface area contributed by atoms with Gasteiger partial charge in [-0.1, -0.05) is 32.1 Å². The fourth-order valence-corrected chi connectivity index (χ4v) is 6.83. The van der Waals surface area contributed by atoms with Gasteiger partial charge < -0.3 is 5.11 Å². The number of fused-ring (bicyclic) bond motifs is 5. The SMILES string of the molecule is CC12CCC3C(C=CC4=CC(=O)CC[C@@]43C)C1CCC2C/C=C/C(=O)O. The van der Waals surface area contributed by atoms with Crippen molar-refractivity contribution in [1.29, 1.82) is 0 Å². The summed E-state index contributed by atoms with van der Waals surface area (Å²) in [5, 5.41) is 8.87. The summed E-state index contributed by atoms with van der Waals surface area (Å²) in [4.78, 5) is 22.7. The molecule has 3 heteroatoms. The van der Waals surface area contributed by atoms with Gasteiger partial charge in [0.15, 0.2) is 5.78 Å². The van der Waals surface area contributed by atoms with Gasteiger partial charge in [-0.05, 0) is 84.7 Å². The average Bonchev–Trinajstić information content (AvgIpc) is 2.92. The monoisotopic (exact) mass is 354 g/mol. The zero-order valence-electron chi connectivity index (χ0n) is 15.9. The van der Waals surface area contributed by atoms with Crippen LogP contribution in [0.25, 0.3) is 0 Å². The maximum absolute atomic E-state index is 11.9. The molecule has 1 N–H and O–H groups in total. The Morgan fingerprint density at radius 3 is 2.81 bits per heavy atom. The summed E-state index contributed by atoms with van der Waals surface area (Å²) in [6.45, 7) is 4.84. The Balaban J connectivity index is 1.59. The van der Waals surface area contributed by atoms with Crippen LogP contribution in [0.15, 0.2) is 36.0 Å². The minimum Gasteiger partial charge on any atom is -0.478 e. The van der Waals surface area contributed by atoms with Crippen LogP contribution >= 0.6 is 0 Å². The zero-order valence-corrected chi connectivity index (χ0v) is 15.9. The number of hydrogen-bond acceptors (Lipinski definition) is 2. The summed E-state index contributed by atoms with van der Waals surface area (Å²) < 4.78 is 0. The molecule has 2 fully saturated rings. The number of carbonyl (C=O) groups is 2. The Bertz CT molecular complexity index is 715. The number of hydrogen-bond donors (Lipinski definition) is 1. The highest BCUT2D eigenvalue weighted by molar-refractivity contribution is 5.92. The zero-order chi connectivity index (χ0) is 18.5. The Morgan fingerprint density at radius 1 is 1.23 bits per heavy atom. The predicted octanol–water partition coefficient (Wildman–Crippen LogP) is 4.94. The lowest BCUT2D eigenvalue weighted by Crippen LogP contribution is -2.48. The molecule has 4 aliphatic carbocycles. The van der Waals surface area contributed by atoms with Crippen LogP contribution in [0.1, 0.15) is 58.8 Å². The number of rotatable bonds is 3. The summed E-state index contributed by atoms with van der Waals surface area (Å²) in [5.41, 5.74) is 1.74. The molecular formula is C23H30O3. The standard InChI is InChI=1S/C23H30O3/c1-22-13-11-20-18(8-6-16-14-17(24)10-12-23(16,20)2)19(22)9-7-15(22)4-3-5-21(25)26/h3,5-6,8,14-15,18-20H,4,7,9-13H2,1-2H3,(H,25,26)/b5-3+/t15?,18?,19?,20?,22?,23-/m0/s1. The molecule has 5 unspecified atom stereocenters. The number of carboxylic acids is 1. The van der Waals surface area contributed by atoms with E-state index in [4.69, 9.17) is 5.11 Å². The van der Waals surface area contributed by atoms with E-state index in [1.54, 1.807) is 0 Å². The quantitative estimate of drug-likeness (QED) is 0.730. The van der Waals surface area contributed by atoms with Gasteiger partial charge in [0, 0.05) is 12.5 Å². The van der Waals surface area contributed by atoms with Gasteiger partial charge in [0.2, 0.25) is 0 Å². The van der Waals surface area contributed by atoms with E-state index in [1.807, 2.05) is 12.2 Å². The lowest BCUT2D eigenvalue weighted by molar-refractivity contribution is -0.131. The van der Waals surface area contributed by atoms with Crippen LogP contribution in [0.5, 0.6) is 0 Å². The summed E-state index contributed by atoms with van der Waals surface area (Å²) in [6.07, 6.45) is 17.2. The first-order chi connectivity index (χ1) is 12.3. The molecule has 0 aromatic heterocycles. The van der Waals surface area contributed by atoms with E-state index in [1.165, 1.54) is 37.3 Å². The number of ketones is 1. The summed E-state index contributed by atoms with van der Waals surface area (Å²) in [7, 11) is 0. The first-order valence-corrected chi connectivity index (χ1v) is 10.2. The van der Waals surface area contributed by atoms with Crippen molar-refractivity contribution in [2.45, 2.75) is 58.8 Å². The Hall–Kier alpha value is -1.64. The van der Waals surface area contributed by atoms with Gasteiger partial charge in [0.05, 0.1) is 0 Å². The van der Waals surface area contributed by atoms with Gasteiger partial charge in [0.1, 0.15) is 0 Å². The Labute approximate surface area is 156 Å². The summed E-state index contributed by atoms with van der Waals surface area (Å²) >= 11 is 0. The predicted molar refractivity (Wildman–Crippen MR) is 101 cm³/mol. The highest BCUT2D eigenvalue weighted by atomic mass is 16.4. The van der Waals surface area contributed by atoms with Crippen LogP contribution in [0.2, 0.25) is 0 Å². The van der Waals surface area contributed by atoms with Gasteiger partial charge in [-0.25, -0.2) is 4.79 Å². The molecule has 0 heterocycles. The topological polar surface area (TPSA) is 54.4 Å². The van der Waals surface area contributed by atoms with Gasteiger partial charge >= 0.3 is 5.97 Å². The molecule has 0 bridgehead atoms. The summed E-state index contributed by atoms with van der Waals surface area (Å²) in [5.74, 6) is 1.98. The third-order valence-electron chi connectivity index (χ3n) is 8.39. The molecule has 0 amide bonds. The number of allylic oxidation sites excluding steroid dienone is 5. The van der Waals surface area contributed by atoms with E-state index in [-0.39, 0.29) is 11.2 Å². The maximum atomic E-state index is 11.9. The van der Waals surface area contributed by atoms with Crippen LogP contribution in [0, 0.1) is 34.5 Å². The average molecular weight is 354 g/mol. The number of aliphatic carboxylic acids is 1. The maximum Gasteiger partial charge on any atom is 0.327 e. The third kappa shape index (κ3) is 2.62. The van der Waals surface area contributed by atoms with Crippen molar-refractivity contribution in [1.82, 2.24) is 0 Å². The molecule has 0 spiro atoms. The van der Waals surface area contributed by atoms with E-state index < -0.39 is 5.97 Å². The highest BCUT2D eigenvalue weighted by Crippen LogP contribution is 2.65. The first kappa shape index (κ1) is 17.8. The van der Waals surface area contributed by atoms with Crippen molar-refractivity contribution in [2.24, 2.45) is 34.5 Å². The Kier molecular flexibility index (Phi) is 4.24. The molecule has 2 saturated carbocycles. The second kappa shape index (κ2) is 6.21. The van der Waals surface area contributed by atoms with Gasteiger partial charge in [-0.15, -0.1) is 0 Å². The summed E-state index contributed by atoms with van der Waals surface area (Å²) in [6, 6.07) is 0. The smallest absolute Gasteiger partial charge is 0.327 e. The van der Waals surface area contributed by atoms with Crippen LogP contribution in [-0.2, 0) is 9.59 Å². The van der Waals surface area contributed by atoms with Gasteiger partial charge in [0.25, 0.3) is 0 Å². The third-order valence-corrected chi connectivity index (χ3v) is 8.39. The van der Waals surface area contributed by atoms with Crippen LogP contribution < -0.4 is 0 Å². The first-order valence-electron chi connectivity index (χ1n) is 10.2. The van der Waals surface area contributed by atoms with Crippen LogP contribution in [0.3, 0.4) is 0 Å². The molecule has 0 aromatic carbocycles. The van der Waals surface area contributed by atoms with E-state index in [2.05, 4.69) is 26.0 Å². The lowest BCUT2D eigenvalue weighted by atomic mass is 9.48. The van der Waals surface area contributed by atoms with Gasteiger partial charge in [-0.3, -0.25) is 4.79 Å². The number of carboxylic acid groups (broad SMARTS) is 1. The van der Waals surface area contributed by atoms with E-state index in [9.17, 15) is 9.59 Å². The van der Waals surface area contributed by atoms with E-state index in [0.717, 1.165) is 12.8 Å². The van der Waals surface area contributed by atoms with Crippen molar-refractivity contribution in [3.63, 3.8) is 0 Å². The van der Waals surface area contributed by atoms with Crippen molar-refractivity contribution >= 4 is 11.8 Å². The largest absolute Gasteiger partial charge is 0.478 e.